The maximum absolute atomic E-state index is 5.89. The van der Waals surface area contributed by atoms with Crippen LogP contribution in [0.2, 0.25) is 0 Å². The Morgan fingerprint density at radius 3 is 2.63 bits per heavy atom. The molecule has 0 aliphatic carbocycles. The lowest BCUT2D eigenvalue weighted by Crippen LogP contribution is -2.44. The molecule has 6 heteroatoms. The molecule has 1 atom stereocenters. The Morgan fingerprint density at radius 1 is 1.21 bits per heavy atom. The van der Waals surface area contributed by atoms with E-state index in [1.165, 1.54) is 12.8 Å². The van der Waals surface area contributed by atoms with Gasteiger partial charge in [-0.3, -0.25) is 0 Å². The van der Waals surface area contributed by atoms with Gasteiger partial charge in [0, 0.05) is 44.8 Å². The van der Waals surface area contributed by atoms with Gasteiger partial charge in [-0.2, -0.15) is 9.97 Å². The van der Waals surface area contributed by atoms with E-state index in [0.717, 1.165) is 44.4 Å². The number of piperazine rings is 1. The van der Waals surface area contributed by atoms with Crippen molar-refractivity contribution in [1.29, 1.82) is 0 Å². The predicted molar refractivity (Wildman–Crippen MR) is 77.6 cm³/mol. The molecule has 104 valence electrons. The van der Waals surface area contributed by atoms with Crippen molar-refractivity contribution >= 4 is 17.6 Å². The van der Waals surface area contributed by atoms with Crippen LogP contribution in [0.25, 0.3) is 0 Å². The molecule has 0 amide bonds. The highest BCUT2D eigenvalue weighted by Gasteiger charge is 2.23. The van der Waals surface area contributed by atoms with Gasteiger partial charge in [-0.1, -0.05) is 0 Å². The summed E-state index contributed by atoms with van der Waals surface area (Å²) >= 11 is 0. The number of nitrogen functional groups attached to an aromatic ring is 1. The van der Waals surface area contributed by atoms with Crippen LogP contribution in [0, 0.1) is 0 Å². The molecule has 2 aliphatic heterocycles. The molecular weight excluding hydrogens is 240 g/mol. The third-order valence-corrected chi connectivity index (χ3v) is 4.00. The Kier molecular flexibility index (Phi) is 3.42. The van der Waals surface area contributed by atoms with Crippen molar-refractivity contribution < 1.29 is 0 Å². The summed E-state index contributed by atoms with van der Waals surface area (Å²) < 4.78 is 0. The van der Waals surface area contributed by atoms with Crippen molar-refractivity contribution in [2.24, 2.45) is 0 Å². The second-order valence-electron chi connectivity index (χ2n) is 5.36. The highest BCUT2D eigenvalue weighted by atomic mass is 15.3. The van der Waals surface area contributed by atoms with Crippen LogP contribution >= 0.6 is 0 Å². The summed E-state index contributed by atoms with van der Waals surface area (Å²) in [6, 6.07) is 2.63. The normalized spacial score (nSPS) is 23.9. The van der Waals surface area contributed by atoms with Crippen LogP contribution in [0.1, 0.15) is 19.8 Å². The minimum absolute atomic E-state index is 0.380. The number of nitrogens with zero attached hydrogens (tertiary/aromatic N) is 4. The number of anilines is 3. The highest BCUT2D eigenvalue weighted by Crippen LogP contribution is 2.27. The molecule has 1 aromatic rings. The van der Waals surface area contributed by atoms with Crippen molar-refractivity contribution in [3.8, 4) is 0 Å². The van der Waals surface area contributed by atoms with E-state index in [2.05, 4.69) is 38.1 Å². The summed E-state index contributed by atoms with van der Waals surface area (Å²) in [7, 11) is 0. The monoisotopic (exact) mass is 262 g/mol. The molecule has 2 fully saturated rings. The molecule has 0 radical (unpaired) electrons. The second-order valence-corrected chi connectivity index (χ2v) is 5.36. The summed E-state index contributed by atoms with van der Waals surface area (Å²) in [4.78, 5) is 13.4. The molecule has 19 heavy (non-hydrogen) atoms. The lowest BCUT2D eigenvalue weighted by atomic mass is 10.2. The van der Waals surface area contributed by atoms with E-state index < -0.39 is 0 Å². The molecule has 2 aliphatic rings. The molecule has 3 N–H and O–H groups in total. The van der Waals surface area contributed by atoms with Gasteiger partial charge < -0.3 is 20.9 Å². The van der Waals surface area contributed by atoms with Crippen LogP contribution in [0.5, 0.6) is 0 Å². The van der Waals surface area contributed by atoms with E-state index >= 15 is 0 Å². The standard InChI is InChI=1S/C13H22N6/c1-10-3-2-6-19(10)12-9-11(16-13(14)17-12)18-7-4-15-5-8-18/h9-10,15H,2-8H2,1H3,(H2,14,16,17). The Balaban J connectivity index is 1.86. The van der Waals surface area contributed by atoms with Crippen LogP contribution in [-0.4, -0.2) is 48.7 Å². The van der Waals surface area contributed by atoms with Gasteiger partial charge in [0.1, 0.15) is 11.6 Å². The lowest BCUT2D eigenvalue weighted by molar-refractivity contribution is 0.584. The maximum atomic E-state index is 5.89. The first-order valence-electron chi connectivity index (χ1n) is 7.11. The molecule has 0 aromatic carbocycles. The molecule has 2 saturated heterocycles. The largest absolute Gasteiger partial charge is 0.368 e. The summed E-state index contributed by atoms with van der Waals surface area (Å²) in [6.45, 7) is 7.27. The fourth-order valence-electron chi connectivity index (χ4n) is 2.92. The quantitative estimate of drug-likeness (QED) is 0.807. The van der Waals surface area contributed by atoms with Crippen molar-refractivity contribution in [2.75, 3.05) is 48.3 Å². The highest BCUT2D eigenvalue weighted by molar-refractivity contribution is 5.55. The van der Waals surface area contributed by atoms with Crippen LogP contribution in [0.15, 0.2) is 6.07 Å². The molecule has 0 spiro atoms. The van der Waals surface area contributed by atoms with Gasteiger partial charge >= 0.3 is 0 Å². The van der Waals surface area contributed by atoms with E-state index in [1.807, 2.05) is 0 Å². The topological polar surface area (TPSA) is 70.3 Å². The fourth-order valence-corrected chi connectivity index (χ4v) is 2.92. The van der Waals surface area contributed by atoms with E-state index in [0.29, 0.717) is 12.0 Å². The van der Waals surface area contributed by atoms with Crippen molar-refractivity contribution in [3.05, 3.63) is 6.07 Å². The van der Waals surface area contributed by atoms with Gasteiger partial charge in [0.2, 0.25) is 5.95 Å². The van der Waals surface area contributed by atoms with Crippen molar-refractivity contribution in [1.82, 2.24) is 15.3 Å². The van der Waals surface area contributed by atoms with Gasteiger partial charge in [0.05, 0.1) is 0 Å². The van der Waals surface area contributed by atoms with Crippen LogP contribution in [0.3, 0.4) is 0 Å². The zero-order chi connectivity index (χ0) is 13.2. The van der Waals surface area contributed by atoms with Gasteiger partial charge in [-0.25, -0.2) is 0 Å². The average molecular weight is 262 g/mol. The third kappa shape index (κ3) is 2.58. The number of hydrogen-bond donors (Lipinski definition) is 2. The minimum atomic E-state index is 0.380. The van der Waals surface area contributed by atoms with E-state index in [9.17, 15) is 0 Å². The van der Waals surface area contributed by atoms with Gasteiger partial charge in [-0.15, -0.1) is 0 Å². The van der Waals surface area contributed by atoms with Crippen molar-refractivity contribution in [3.63, 3.8) is 0 Å². The van der Waals surface area contributed by atoms with Crippen molar-refractivity contribution in [2.45, 2.75) is 25.8 Å². The Labute approximate surface area is 114 Å². The number of hydrogen-bond acceptors (Lipinski definition) is 6. The molecule has 6 nitrogen and oxygen atoms in total. The number of nitrogens with one attached hydrogen (secondary N) is 1. The molecule has 3 heterocycles. The van der Waals surface area contributed by atoms with Crippen LogP contribution < -0.4 is 20.9 Å². The average Bonchev–Trinajstić information content (AvgIpc) is 2.85. The van der Waals surface area contributed by atoms with E-state index in [-0.39, 0.29) is 0 Å². The van der Waals surface area contributed by atoms with Crippen LogP contribution in [-0.2, 0) is 0 Å². The third-order valence-electron chi connectivity index (χ3n) is 4.00. The summed E-state index contributed by atoms with van der Waals surface area (Å²) in [5.41, 5.74) is 5.89. The first kappa shape index (κ1) is 12.5. The SMILES string of the molecule is CC1CCCN1c1cc(N2CCNCC2)nc(N)n1. The minimum Gasteiger partial charge on any atom is -0.368 e. The summed E-state index contributed by atoms with van der Waals surface area (Å²) in [5, 5.41) is 3.35. The molecule has 1 unspecified atom stereocenters. The number of rotatable bonds is 2. The molecule has 0 saturated carbocycles. The maximum Gasteiger partial charge on any atom is 0.223 e. The van der Waals surface area contributed by atoms with Crippen LogP contribution in [0.4, 0.5) is 17.6 Å². The fraction of sp³-hybridized carbons (Fsp3) is 0.692. The zero-order valence-electron chi connectivity index (χ0n) is 11.5. The molecule has 3 rings (SSSR count). The summed E-state index contributed by atoms with van der Waals surface area (Å²) in [5.74, 6) is 2.32. The summed E-state index contributed by atoms with van der Waals surface area (Å²) in [6.07, 6.45) is 2.46. The first-order chi connectivity index (χ1) is 9.24. The Morgan fingerprint density at radius 2 is 1.95 bits per heavy atom. The Hall–Kier alpha value is -1.56. The zero-order valence-corrected chi connectivity index (χ0v) is 11.5. The van der Waals surface area contributed by atoms with E-state index in [1.54, 1.807) is 0 Å². The number of aromatic nitrogens is 2. The molecular formula is C13H22N6. The van der Waals surface area contributed by atoms with Gasteiger partial charge in [0.15, 0.2) is 0 Å². The lowest BCUT2D eigenvalue weighted by Gasteiger charge is -2.30. The van der Waals surface area contributed by atoms with E-state index in [4.69, 9.17) is 5.73 Å². The number of nitrogens with two attached hydrogens (primary N) is 1. The first-order valence-corrected chi connectivity index (χ1v) is 7.11. The second kappa shape index (κ2) is 5.21. The molecule has 1 aromatic heterocycles. The molecule has 0 bridgehead atoms. The smallest absolute Gasteiger partial charge is 0.223 e. The Bertz CT molecular complexity index is 443. The predicted octanol–water partition coefficient (Wildman–Crippen LogP) is 0.457. The van der Waals surface area contributed by atoms with Gasteiger partial charge in [0.25, 0.3) is 0 Å². The van der Waals surface area contributed by atoms with Gasteiger partial charge in [-0.05, 0) is 19.8 Å².